The van der Waals surface area contributed by atoms with Gasteiger partial charge in [0.05, 0.1) is 6.54 Å². The summed E-state index contributed by atoms with van der Waals surface area (Å²) in [5, 5.41) is 9.60. The number of guanidine groups is 1. The topological polar surface area (TPSA) is 74.8 Å². The van der Waals surface area contributed by atoms with Gasteiger partial charge in [-0.3, -0.25) is 4.79 Å². The molecule has 2 aromatic rings. The fourth-order valence-electron chi connectivity index (χ4n) is 3.41. The molecule has 2 unspecified atom stereocenters. The van der Waals surface area contributed by atoms with Crippen LogP contribution in [-0.4, -0.2) is 37.6 Å². The summed E-state index contributed by atoms with van der Waals surface area (Å²) in [5.41, 5.74) is 3.17. The minimum atomic E-state index is -0.0484. The zero-order chi connectivity index (χ0) is 20.6. The second-order valence-corrected chi connectivity index (χ2v) is 7.33. The lowest BCUT2D eigenvalue weighted by molar-refractivity contribution is -0.116. The van der Waals surface area contributed by atoms with Crippen molar-refractivity contribution in [3.63, 3.8) is 0 Å². The van der Waals surface area contributed by atoms with Gasteiger partial charge in [0.25, 0.3) is 0 Å². The fourth-order valence-corrected chi connectivity index (χ4v) is 3.41. The van der Waals surface area contributed by atoms with Crippen LogP contribution >= 0.6 is 0 Å². The first-order valence-corrected chi connectivity index (χ1v) is 10.2. The van der Waals surface area contributed by atoms with Gasteiger partial charge in [-0.05, 0) is 44.0 Å². The van der Waals surface area contributed by atoms with E-state index in [1.807, 2.05) is 63.2 Å². The van der Waals surface area contributed by atoms with Crippen LogP contribution in [0.5, 0.6) is 5.75 Å². The van der Waals surface area contributed by atoms with Crippen molar-refractivity contribution in [2.24, 2.45) is 4.99 Å². The number of benzene rings is 2. The molecule has 1 heterocycles. The first-order chi connectivity index (χ1) is 14.1. The molecule has 0 saturated carbocycles. The van der Waals surface area contributed by atoms with E-state index in [-0.39, 0.29) is 17.9 Å². The van der Waals surface area contributed by atoms with E-state index < -0.39 is 0 Å². The van der Waals surface area contributed by atoms with Crippen LogP contribution in [0.2, 0.25) is 0 Å². The molecule has 3 rings (SSSR count). The van der Waals surface area contributed by atoms with Crippen molar-refractivity contribution in [1.29, 1.82) is 0 Å². The van der Waals surface area contributed by atoms with Gasteiger partial charge in [-0.15, -0.1) is 0 Å². The van der Waals surface area contributed by atoms with Gasteiger partial charge in [-0.25, -0.2) is 4.99 Å². The van der Waals surface area contributed by atoms with Gasteiger partial charge in [0, 0.05) is 31.1 Å². The van der Waals surface area contributed by atoms with Gasteiger partial charge in [0.2, 0.25) is 5.91 Å². The molecular weight excluding hydrogens is 364 g/mol. The maximum Gasteiger partial charge on any atom is 0.225 e. The molecule has 154 valence electrons. The van der Waals surface area contributed by atoms with Gasteiger partial charge < -0.3 is 20.7 Å². The molecule has 0 fully saturated rings. The number of nitrogens with zero attached hydrogens (tertiary/aromatic N) is 1. The Bertz CT molecular complexity index is 865. The lowest BCUT2D eigenvalue weighted by atomic mass is 9.90. The Balaban J connectivity index is 1.60. The monoisotopic (exact) mass is 394 g/mol. The van der Waals surface area contributed by atoms with Crippen LogP contribution < -0.4 is 20.7 Å². The highest BCUT2D eigenvalue weighted by Crippen LogP contribution is 2.31. The third-order valence-corrected chi connectivity index (χ3v) is 4.89. The highest BCUT2D eigenvalue weighted by Gasteiger charge is 2.24. The molecule has 1 aliphatic rings. The number of ether oxygens (including phenoxy) is 1. The van der Waals surface area contributed by atoms with Crippen LogP contribution in [0.3, 0.4) is 0 Å². The molecule has 0 spiro atoms. The van der Waals surface area contributed by atoms with Crippen molar-refractivity contribution in [2.75, 3.05) is 25.0 Å². The summed E-state index contributed by atoms with van der Waals surface area (Å²) in [6.07, 6.45) is 0.420. The van der Waals surface area contributed by atoms with E-state index in [2.05, 4.69) is 27.0 Å². The number of carbonyl (C=O) groups excluding carboxylic acids is 1. The zero-order valence-electron chi connectivity index (χ0n) is 17.4. The van der Waals surface area contributed by atoms with E-state index in [4.69, 9.17) is 4.74 Å². The summed E-state index contributed by atoms with van der Waals surface area (Å²) in [7, 11) is 0. The van der Waals surface area contributed by atoms with Crippen LogP contribution in [0, 0.1) is 6.92 Å². The Labute approximate surface area is 172 Å². The molecule has 0 aliphatic carbocycles. The van der Waals surface area contributed by atoms with Crippen LogP contribution in [0.1, 0.15) is 37.3 Å². The average molecular weight is 395 g/mol. The lowest BCUT2D eigenvalue weighted by Crippen LogP contribution is -2.41. The summed E-state index contributed by atoms with van der Waals surface area (Å²) in [6, 6.07) is 16.0. The lowest BCUT2D eigenvalue weighted by Gasteiger charge is -2.26. The Morgan fingerprint density at radius 2 is 1.97 bits per heavy atom. The summed E-state index contributed by atoms with van der Waals surface area (Å²) in [5.74, 6) is 1.79. The smallest absolute Gasteiger partial charge is 0.225 e. The molecule has 3 N–H and O–H groups in total. The van der Waals surface area contributed by atoms with Crippen LogP contribution in [-0.2, 0) is 4.79 Å². The molecule has 1 aliphatic heterocycles. The van der Waals surface area contributed by atoms with Crippen LogP contribution in [0.25, 0.3) is 0 Å². The minimum Gasteiger partial charge on any atom is -0.489 e. The van der Waals surface area contributed by atoms with Crippen molar-refractivity contribution in [1.82, 2.24) is 10.6 Å². The number of carbonyl (C=O) groups is 1. The largest absolute Gasteiger partial charge is 0.489 e. The summed E-state index contributed by atoms with van der Waals surface area (Å²) in [6.45, 7) is 8.03. The van der Waals surface area contributed by atoms with Crippen LogP contribution in [0.15, 0.2) is 53.5 Å². The van der Waals surface area contributed by atoms with Crippen molar-refractivity contribution < 1.29 is 9.53 Å². The van der Waals surface area contributed by atoms with Gasteiger partial charge in [-0.2, -0.15) is 0 Å². The number of nitrogens with one attached hydrogen (secondary N) is 3. The second kappa shape index (κ2) is 9.96. The van der Waals surface area contributed by atoms with Crippen molar-refractivity contribution >= 4 is 17.6 Å². The van der Waals surface area contributed by atoms with E-state index in [0.29, 0.717) is 19.5 Å². The predicted molar refractivity (Wildman–Crippen MR) is 118 cm³/mol. The number of hydrogen-bond acceptors (Lipinski definition) is 3. The Hall–Kier alpha value is -3.02. The molecule has 0 radical (unpaired) electrons. The number of amides is 1. The molecule has 0 aromatic heterocycles. The summed E-state index contributed by atoms with van der Waals surface area (Å²) in [4.78, 5) is 16.7. The standard InChI is InChI=1S/C23H30N4O2/c1-4-24-23(25-14-17(3)29-21-12-8-5-9-16(21)2)26-15-18-13-22(28)27-20-11-7-6-10-19(18)20/h5-12,17-18H,4,13-15H2,1-3H3,(H,27,28)(H2,24,25,26). The van der Waals surface area contributed by atoms with E-state index in [9.17, 15) is 4.79 Å². The maximum absolute atomic E-state index is 12.0. The quantitative estimate of drug-likeness (QED) is 0.497. The molecule has 2 atom stereocenters. The Morgan fingerprint density at radius 1 is 1.21 bits per heavy atom. The zero-order valence-corrected chi connectivity index (χ0v) is 17.4. The number of hydrogen-bond donors (Lipinski definition) is 3. The van der Waals surface area contributed by atoms with Gasteiger partial charge in [-0.1, -0.05) is 36.4 Å². The number of aliphatic imine (C=N–C) groups is 1. The molecule has 6 heteroatoms. The number of fused-ring (bicyclic) bond motifs is 1. The number of para-hydroxylation sites is 2. The SMILES string of the molecule is CCNC(=NCC(C)Oc1ccccc1C)NCC1CC(=O)Nc2ccccc21. The van der Waals surface area contributed by atoms with Crippen molar-refractivity contribution in [3.8, 4) is 5.75 Å². The molecular formula is C23H30N4O2. The molecule has 6 nitrogen and oxygen atoms in total. The van der Waals surface area contributed by atoms with Gasteiger partial charge in [0.1, 0.15) is 11.9 Å². The molecule has 0 saturated heterocycles. The Kier molecular flexibility index (Phi) is 7.11. The first kappa shape index (κ1) is 20.7. The van der Waals surface area contributed by atoms with Gasteiger partial charge >= 0.3 is 0 Å². The number of anilines is 1. The summed E-state index contributed by atoms with van der Waals surface area (Å²) >= 11 is 0. The second-order valence-electron chi connectivity index (χ2n) is 7.33. The fraction of sp³-hybridized carbons (Fsp3) is 0.391. The predicted octanol–water partition coefficient (Wildman–Crippen LogP) is 3.44. The van der Waals surface area contributed by atoms with Crippen molar-refractivity contribution in [2.45, 2.75) is 39.2 Å². The van der Waals surface area contributed by atoms with E-state index >= 15 is 0 Å². The molecule has 29 heavy (non-hydrogen) atoms. The molecule has 0 bridgehead atoms. The molecule has 2 aromatic carbocycles. The highest BCUT2D eigenvalue weighted by atomic mass is 16.5. The van der Waals surface area contributed by atoms with Crippen molar-refractivity contribution in [3.05, 3.63) is 59.7 Å². The number of rotatable bonds is 7. The normalized spacial score (nSPS) is 17.1. The molecule has 1 amide bonds. The third kappa shape index (κ3) is 5.73. The van der Waals surface area contributed by atoms with E-state index in [0.717, 1.165) is 35.1 Å². The van der Waals surface area contributed by atoms with Crippen LogP contribution in [0.4, 0.5) is 5.69 Å². The number of aryl methyl sites for hydroxylation is 1. The Morgan fingerprint density at radius 3 is 2.76 bits per heavy atom. The van der Waals surface area contributed by atoms with E-state index in [1.54, 1.807) is 0 Å². The summed E-state index contributed by atoms with van der Waals surface area (Å²) < 4.78 is 6.01. The highest BCUT2D eigenvalue weighted by molar-refractivity contribution is 5.94. The van der Waals surface area contributed by atoms with E-state index in [1.165, 1.54) is 0 Å². The maximum atomic E-state index is 12.0. The minimum absolute atomic E-state index is 0.0484. The van der Waals surface area contributed by atoms with Gasteiger partial charge in [0.15, 0.2) is 5.96 Å². The average Bonchev–Trinajstić information content (AvgIpc) is 2.71. The first-order valence-electron chi connectivity index (χ1n) is 10.2. The third-order valence-electron chi connectivity index (χ3n) is 4.89.